The summed E-state index contributed by atoms with van der Waals surface area (Å²) >= 11 is 0. The fourth-order valence-electron chi connectivity index (χ4n) is 4.74. The van der Waals surface area contributed by atoms with Gasteiger partial charge in [0.2, 0.25) is 41.4 Å². The first-order chi connectivity index (χ1) is 22.9. The van der Waals surface area contributed by atoms with E-state index in [1.165, 1.54) is 6.92 Å². The molecule has 20 nitrogen and oxygen atoms in total. The van der Waals surface area contributed by atoms with Gasteiger partial charge in [0, 0.05) is 38.1 Å². The molecule has 0 bridgehead atoms. The number of nitrogens with one attached hydrogen (secondary N) is 5. The first-order valence-electron chi connectivity index (χ1n) is 15.5. The SMILES string of the molecule is CC(C)[C@H](NC(=O)[C@H](CCC(=O)NC[C@H]1O[C@@H](CC(N)=O)[C@H](O)[C@@H]1O)NC(=O)CCNC(=O)CN1C(=O)C=CC1=O)C(=O)N[C@@H](C)C(N)=O. The van der Waals surface area contributed by atoms with Crippen molar-refractivity contribution in [2.45, 2.75) is 89.0 Å². The third-order valence-electron chi connectivity index (χ3n) is 7.58. The highest BCUT2D eigenvalue weighted by atomic mass is 16.5. The minimum Gasteiger partial charge on any atom is -0.388 e. The molecule has 1 saturated heterocycles. The Labute approximate surface area is 281 Å². The summed E-state index contributed by atoms with van der Waals surface area (Å²) in [5.74, 6) is -7.06. The van der Waals surface area contributed by atoms with Crippen LogP contribution in [0.1, 0.15) is 46.5 Å². The molecule has 272 valence electrons. The van der Waals surface area contributed by atoms with Crippen LogP contribution < -0.4 is 38.1 Å². The van der Waals surface area contributed by atoms with Crippen molar-refractivity contribution in [2.24, 2.45) is 17.4 Å². The maximum Gasteiger partial charge on any atom is 0.254 e. The van der Waals surface area contributed by atoms with Gasteiger partial charge in [0.15, 0.2) is 0 Å². The summed E-state index contributed by atoms with van der Waals surface area (Å²) in [4.78, 5) is 110. The summed E-state index contributed by atoms with van der Waals surface area (Å²) in [6.45, 7) is 3.52. The number of ether oxygens (including phenoxy) is 1. The molecule has 0 radical (unpaired) electrons. The van der Waals surface area contributed by atoms with Gasteiger partial charge in [-0.2, -0.15) is 0 Å². The van der Waals surface area contributed by atoms with E-state index in [-0.39, 0.29) is 38.8 Å². The minimum atomic E-state index is -1.42. The normalized spacial score (nSPS) is 21.9. The molecule has 0 aliphatic carbocycles. The van der Waals surface area contributed by atoms with E-state index in [0.717, 1.165) is 12.2 Å². The average Bonchev–Trinajstić information content (AvgIpc) is 3.47. The van der Waals surface area contributed by atoms with Crippen molar-refractivity contribution < 1.29 is 58.1 Å². The number of carbonyl (C=O) groups is 9. The summed E-state index contributed by atoms with van der Waals surface area (Å²) in [5.41, 5.74) is 10.3. The van der Waals surface area contributed by atoms with Crippen LogP contribution in [0.4, 0.5) is 0 Å². The highest BCUT2D eigenvalue weighted by Gasteiger charge is 2.43. The van der Waals surface area contributed by atoms with Crippen LogP contribution in [-0.2, 0) is 47.9 Å². The van der Waals surface area contributed by atoms with Crippen LogP contribution in [0.3, 0.4) is 0 Å². The lowest BCUT2D eigenvalue weighted by molar-refractivity contribution is -0.141. The number of hydrogen-bond donors (Lipinski definition) is 9. The molecule has 0 spiro atoms. The second-order valence-corrected chi connectivity index (χ2v) is 11.9. The van der Waals surface area contributed by atoms with Gasteiger partial charge in [-0.05, 0) is 19.3 Å². The molecule has 2 aliphatic rings. The molecule has 0 aromatic heterocycles. The molecular formula is C29H44N8O12. The van der Waals surface area contributed by atoms with Crippen molar-refractivity contribution in [3.05, 3.63) is 12.2 Å². The Morgan fingerprint density at radius 1 is 0.816 bits per heavy atom. The molecule has 9 amide bonds. The highest BCUT2D eigenvalue weighted by Crippen LogP contribution is 2.23. The number of aliphatic hydroxyl groups is 2. The van der Waals surface area contributed by atoms with Gasteiger partial charge in [-0.3, -0.25) is 48.1 Å². The minimum absolute atomic E-state index is 0.239. The predicted molar refractivity (Wildman–Crippen MR) is 166 cm³/mol. The van der Waals surface area contributed by atoms with Gasteiger partial charge in [0.05, 0.1) is 12.5 Å². The standard InChI is InChI=1S/C29H44N8O12/c1-13(2)24(29(48)34-14(3)27(31)46)36-28(47)15(35-20(40)8-9-32-21(41)12-37-22(42)6-7-23(37)43)4-5-19(39)33-11-17-26(45)25(44)16(49-17)10-18(30)38/h6-7,13-17,24-26,44-45H,4-5,8-12H2,1-3H3,(H2,30,38)(H2,31,46)(H,32,41)(H,33,39)(H,34,48)(H,35,40)(H,36,47)/t14-,15-,16-,17+,24-,25-,26+/m0/s1. The Kier molecular flexibility index (Phi) is 15.2. The third-order valence-corrected chi connectivity index (χ3v) is 7.58. The van der Waals surface area contributed by atoms with Crippen LogP contribution in [0.25, 0.3) is 0 Å². The maximum atomic E-state index is 13.3. The van der Waals surface area contributed by atoms with Crippen molar-refractivity contribution >= 4 is 53.2 Å². The van der Waals surface area contributed by atoms with Crippen molar-refractivity contribution in [2.75, 3.05) is 19.6 Å². The lowest BCUT2D eigenvalue weighted by atomic mass is 10.0. The van der Waals surface area contributed by atoms with Crippen molar-refractivity contribution in [1.82, 2.24) is 31.5 Å². The zero-order valence-electron chi connectivity index (χ0n) is 27.3. The van der Waals surface area contributed by atoms with Crippen LogP contribution in [0.2, 0.25) is 0 Å². The maximum absolute atomic E-state index is 13.3. The fourth-order valence-corrected chi connectivity index (χ4v) is 4.74. The second kappa shape index (κ2) is 18.6. The molecule has 49 heavy (non-hydrogen) atoms. The Balaban J connectivity index is 2.03. The van der Waals surface area contributed by atoms with Crippen molar-refractivity contribution in [3.63, 3.8) is 0 Å². The lowest BCUT2D eigenvalue weighted by Crippen LogP contribution is -2.57. The molecular weight excluding hydrogens is 652 g/mol. The number of nitrogens with two attached hydrogens (primary N) is 2. The number of nitrogens with zero attached hydrogens (tertiary/aromatic N) is 1. The Morgan fingerprint density at radius 2 is 1.43 bits per heavy atom. The Hall–Kier alpha value is -4.95. The monoisotopic (exact) mass is 696 g/mol. The molecule has 20 heteroatoms. The molecule has 2 aliphatic heterocycles. The fraction of sp³-hybridized carbons (Fsp3) is 0.621. The third kappa shape index (κ3) is 12.5. The number of aliphatic hydroxyl groups excluding tert-OH is 2. The largest absolute Gasteiger partial charge is 0.388 e. The topological polar surface area (TPSA) is 319 Å². The molecule has 2 heterocycles. The Bertz CT molecular complexity index is 1320. The van der Waals surface area contributed by atoms with E-state index < -0.39 is 108 Å². The number of carbonyl (C=O) groups excluding carboxylic acids is 9. The van der Waals surface area contributed by atoms with E-state index >= 15 is 0 Å². The van der Waals surface area contributed by atoms with Gasteiger partial charge in [-0.1, -0.05) is 13.8 Å². The summed E-state index contributed by atoms with van der Waals surface area (Å²) in [5, 5.41) is 32.5. The van der Waals surface area contributed by atoms with Gasteiger partial charge >= 0.3 is 0 Å². The lowest BCUT2D eigenvalue weighted by Gasteiger charge is -2.26. The van der Waals surface area contributed by atoms with Crippen molar-refractivity contribution in [1.29, 1.82) is 0 Å². The zero-order valence-corrected chi connectivity index (χ0v) is 27.3. The summed E-state index contributed by atoms with van der Waals surface area (Å²) in [6, 6.07) is -3.60. The number of primary amides is 2. The van der Waals surface area contributed by atoms with Gasteiger partial charge in [-0.15, -0.1) is 0 Å². The number of hydrogen-bond acceptors (Lipinski definition) is 12. The molecule has 0 unspecified atom stereocenters. The first kappa shape index (κ1) is 40.2. The number of rotatable bonds is 19. The molecule has 0 aromatic rings. The van der Waals surface area contributed by atoms with E-state index in [9.17, 15) is 53.4 Å². The predicted octanol–water partition coefficient (Wildman–Crippen LogP) is -5.71. The van der Waals surface area contributed by atoms with E-state index in [4.69, 9.17) is 16.2 Å². The Morgan fingerprint density at radius 3 is 2.00 bits per heavy atom. The molecule has 0 aromatic carbocycles. The van der Waals surface area contributed by atoms with Crippen molar-refractivity contribution in [3.8, 4) is 0 Å². The quantitative estimate of drug-likeness (QED) is 0.0571. The van der Waals surface area contributed by atoms with Gasteiger partial charge in [-0.25, -0.2) is 0 Å². The highest BCUT2D eigenvalue weighted by molar-refractivity contribution is 6.14. The zero-order chi connectivity index (χ0) is 37.0. The summed E-state index contributed by atoms with van der Waals surface area (Å²) in [6.07, 6.45) is -4.29. The number of amides is 9. The van der Waals surface area contributed by atoms with Crippen LogP contribution >= 0.6 is 0 Å². The van der Waals surface area contributed by atoms with Crippen LogP contribution in [0.15, 0.2) is 12.2 Å². The average molecular weight is 697 g/mol. The molecule has 0 saturated carbocycles. The van der Waals surface area contributed by atoms with E-state index in [2.05, 4.69) is 26.6 Å². The van der Waals surface area contributed by atoms with E-state index in [1.807, 2.05) is 0 Å². The van der Waals surface area contributed by atoms with Gasteiger partial charge in [0.1, 0.15) is 43.0 Å². The molecule has 11 N–H and O–H groups in total. The van der Waals surface area contributed by atoms with Crippen LogP contribution in [0.5, 0.6) is 0 Å². The van der Waals surface area contributed by atoms with Crippen LogP contribution in [-0.4, -0.2) is 130 Å². The van der Waals surface area contributed by atoms with Crippen LogP contribution in [0, 0.1) is 5.92 Å². The molecule has 1 fully saturated rings. The van der Waals surface area contributed by atoms with Gasteiger partial charge < -0.3 is 53.0 Å². The van der Waals surface area contributed by atoms with E-state index in [0.29, 0.717) is 4.90 Å². The number of imide groups is 1. The first-order valence-corrected chi connectivity index (χ1v) is 15.5. The van der Waals surface area contributed by atoms with Gasteiger partial charge in [0.25, 0.3) is 11.8 Å². The molecule has 2 rings (SSSR count). The smallest absolute Gasteiger partial charge is 0.254 e. The summed E-state index contributed by atoms with van der Waals surface area (Å²) < 4.78 is 5.42. The van der Waals surface area contributed by atoms with E-state index in [1.54, 1.807) is 13.8 Å². The summed E-state index contributed by atoms with van der Waals surface area (Å²) in [7, 11) is 0. The molecule has 7 atom stereocenters. The second-order valence-electron chi connectivity index (χ2n) is 11.9.